The van der Waals surface area contributed by atoms with Crippen LogP contribution in [0.2, 0.25) is 0 Å². The fraction of sp³-hybridized carbons (Fsp3) is 0.320. The number of hydrogen-bond donors (Lipinski definition) is 2. The highest BCUT2D eigenvalue weighted by Crippen LogP contribution is 2.34. The van der Waals surface area contributed by atoms with Crippen LogP contribution in [0.3, 0.4) is 0 Å². The van der Waals surface area contributed by atoms with Gasteiger partial charge in [-0.25, -0.2) is 17.9 Å². The zero-order valence-corrected chi connectivity index (χ0v) is 18.9. The summed E-state index contributed by atoms with van der Waals surface area (Å²) < 4.78 is 27.4. The molecule has 0 saturated carbocycles. The molecule has 2 aliphatic carbocycles. The molecular weight excluding hydrogens is 410 g/mol. The number of aromatic carboxylic acids is 1. The molecule has 0 unspecified atom stereocenters. The van der Waals surface area contributed by atoms with Gasteiger partial charge in [-0.05, 0) is 65.1 Å². The van der Waals surface area contributed by atoms with Crippen LogP contribution in [-0.4, -0.2) is 26.0 Å². The molecule has 0 amide bonds. The van der Waals surface area contributed by atoms with E-state index in [1.807, 2.05) is 18.2 Å². The summed E-state index contributed by atoms with van der Waals surface area (Å²) in [6, 6.07) is 18.0. The normalized spacial score (nSPS) is 12.9. The van der Waals surface area contributed by atoms with Crippen LogP contribution in [0.4, 0.5) is 0 Å². The molecule has 3 rings (SSSR count). The topological polar surface area (TPSA) is 83.5 Å². The number of benzene rings is 1. The van der Waals surface area contributed by atoms with Crippen molar-refractivity contribution >= 4 is 16.0 Å². The van der Waals surface area contributed by atoms with E-state index in [2.05, 4.69) is 31.6 Å². The number of sulfonamides is 1. The molecule has 164 valence electrons. The van der Waals surface area contributed by atoms with Crippen LogP contribution in [-0.2, 0) is 16.4 Å². The van der Waals surface area contributed by atoms with Gasteiger partial charge in [-0.1, -0.05) is 63.2 Å². The number of carbonyl (C=O) groups is 1. The van der Waals surface area contributed by atoms with Crippen molar-refractivity contribution in [2.75, 3.05) is 6.54 Å². The van der Waals surface area contributed by atoms with Crippen LogP contribution >= 0.6 is 0 Å². The second kappa shape index (κ2) is 9.62. The van der Waals surface area contributed by atoms with Gasteiger partial charge in [-0.3, -0.25) is 0 Å². The van der Waals surface area contributed by atoms with Crippen LogP contribution in [0.15, 0.2) is 65.6 Å². The summed E-state index contributed by atoms with van der Waals surface area (Å²) in [6.07, 6.45) is 1.33. The molecule has 1 aromatic rings. The van der Waals surface area contributed by atoms with Gasteiger partial charge in [0.1, 0.15) is 0 Å². The molecule has 0 fully saturated rings. The number of nitrogens with one attached hydrogen (secondary N) is 1. The quantitative estimate of drug-likeness (QED) is 0.482. The second-order valence-electron chi connectivity index (χ2n) is 8.35. The Kier molecular flexibility index (Phi) is 7.13. The minimum atomic E-state index is -3.52. The summed E-state index contributed by atoms with van der Waals surface area (Å²) in [5, 5.41) is 9.65. The Morgan fingerprint density at radius 1 is 0.968 bits per heavy atom. The van der Waals surface area contributed by atoms with E-state index in [1.54, 1.807) is 36.4 Å². The lowest BCUT2D eigenvalue weighted by Crippen LogP contribution is -2.26. The lowest BCUT2D eigenvalue weighted by molar-refractivity contribution is 0.0698. The van der Waals surface area contributed by atoms with E-state index >= 15 is 0 Å². The van der Waals surface area contributed by atoms with Crippen molar-refractivity contribution in [1.29, 1.82) is 0 Å². The maximum absolute atomic E-state index is 12.4. The summed E-state index contributed by atoms with van der Waals surface area (Å²) in [4.78, 5) is 12.0. The molecule has 0 bridgehead atoms. The molecular formula is C25H29NO4S. The Morgan fingerprint density at radius 2 is 1.61 bits per heavy atom. The minimum Gasteiger partial charge on any atom is -0.478 e. The Hall–Kier alpha value is -2.70. The van der Waals surface area contributed by atoms with Crippen molar-refractivity contribution in [2.45, 2.75) is 44.4 Å². The van der Waals surface area contributed by atoms with Crippen molar-refractivity contribution in [3.8, 4) is 11.1 Å². The molecule has 31 heavy (non-hydrogen) atoms. The summed E-state index contributed by atoms with van der Waals surface area (Å²) in [5.74, 6) is -0.401. The molecule has 1 aromatic carbocycles. The van der Waals surface area contributed by atoms with Gasteiger partial charge in [-0.2, -0.15) is 0 Å². The lowest BCUT2D eigenvalue weighted by atomic mass is 9.96. The van der Waals surface area contributed by atoms with Crippen molar-refractivity contribution < 1.29 is 18.3 Å². The Balaban J connectivity index is 1.73. The van der Waals surface area contributed by atoms with Gasteiger partial charge in [0.15, 0.2) is 0 Å². The highest BCUT2D eigenvalue weighted by atomic mass is 32.2. The van der Waals surface area contributed by atoms with E-state index in [0.717, 1.165) is 22.3 Å². The van der Waals surface area contributed by atoms with Gasteiger partial charge in [0.25, 0.3) is 0 Å². The fourth-order valence-corrected chi connectivity index (χ4v) is 4.84. The predicted octanol–water partition coefficient (Wildman–Crippen LogP) is 5.16. The van der Waals surface area contributed by atoms with Crippen LogP contribution in [0, 0.1) is 5.92 Å². The maximum atomic E-state index is 12.4. The van der Waals surface area contributed by atoms with Crippen molar-refractivity contribution in [3.05, 3.63) is 77.4 Å². The van der Waals surface area contributed by atoms with Gasteiger partial charge in [0.2, 0.25) is 10.0 Å². The number of carboxylic acids is 1. The van der Waals surface area contributed by atoms with Crippen molar-refractivity contribution in [2.24, 2.45) is 5.92 Å². The Bertz CT molecular complexity index is 1120. The molecule has 0 heterocycles. The molecule has 2 N–H and O–H groups in total. The van der Waals surface area contributed by atoms with E-state index in [0.29, 0.717) is 30.9 Å². The molecule has 0 aliphatic heterocycles. The molecule has 6 heteroatoms. The van der Waals surface area contributed by atoms with Gasteiger partial charge >= 0.3 is 5.97 Å². The van der Waals surface area contributed by atoms with E-state index in [9.17, 15) is 18.3 Å². The van der Waals surface area contributed by atoms with Crippen LogP contribution < -0.4 is 4.72 Å². The molecule has 2 aliphatic rings. The molecule has 0 saturated heterocycles. The summed E-state index contributed by atoms with van der Waals surface area (Å²) >= 11 is 0. The van der Waals surface area contributed by atoms with E-state index in [1.165, 1.54) is 0 Å². The maximum Gasteiger partial charge on any atom is 0.336 e. The third kappa shape index (κ3) is 5.51. The second-order valence-corrected chi connectivity index (χ2v) is 10.1. The zero-order chi connectivity index (χ0) is 22.6. The summed E-state index contributed by atoms with van der Waals surface area (Å²) in [6.45, 7) is 6.60. The first kappa shape index (κ1) is 23.0. The molecule has 0 spiro atoms. The SMILES string of the molecule is CC(C)c1ccc2c(C[C@H](C)CCNS(=O)(=O)c3ccccc3)cc(C(=O)O)c-2cc1. The lowest BCUT2D eigenvalue weighted by Gasteiger charge is -2.13. The molecule has 1 atom stereocenters. The van der Waals surface area contributed by atoms with Crippen molar-refractivity contribution in [3.63, 3.8) is 0 Å². The first-order chi connectivity index (χ1) is 14.7. The number of fused-ring (bicyclic) bond motifs is 1. The summed E-state index contributed by atoms with van der Waals surface area (Å²) in [5.41, 5.74) is 4.14. The van der Waals surface area contributed by atoms with Crippen molar-refractivity contribution in [1.82, 2.24) is 4.72 Å². The van der Waals surface area contributed by atoms with E-state index in [-0.39, 0.29) is 10.8 Å². The first-order valence-electron chi connectivity index (χ1n) is 10.5. The first-order valence-corrected chi connectivity index (χ1v) is 12.0. The largest absolute Gasteiger partial charge is 0.478 e. The molecule has 5 nitrogen and oxygen atoms in total. The molecule has 0 radical (unpaired) electrons. The van der Waals surface area contributed by atoms with Gasteiger partial charge in [0.05, 0.1) is 10.5 Å². The average Bonchev–Trinajstić information content (AvgIpc) is 2.91. The number of carboxylic acid groups (broad SMARTS) is 1. The average molecular weight is 440 g/mol. The van der Waals surface area contributed by atoms with Gasteiger partial charge in [-0.15, -0.1) is 0 Å². The van der Waals surface area contributed by atoms with Crippen LogP contribution in [0.5, 0.6) is 0 Å². The van der Waals surface area contributed by atoms with E-state index in [4.69, 9.17) is 0 Å². The Labute approximate surface area is 184 Å². The highest BCUT2D eigenvalue weighted by molar-refractivity contribution is 7.89. The van der Waals surface area contributed by atoms with E-state index < -0.39 is 16.0 Å². The predicted molar refractivity (Wildman–Crippen MR) is 123 cm³/mol. The smallest absolute Gasteiger partial charge is 0.336 e. The van der Waals surface area contributed by atoms with Crippen LogP contribution in [0.25, 0.3) is 11.1 Å². The fourth-order valence-electron chi connectivity index (χ4n) is 3.77. The standard InChI is InChI=1S/C25H29NO4S/c1-17(2)19-9-11-22-20(16-24(25(27)28)23(22)12-10-19)15-18(3)13-14-26-31(29,30)21-7-5-4-6-8-21/h4-12,16-18,26H,13-15H2,1-3H3,(H,27,28)/t18-/m1/s1. The number of rotatable bonds is 9. The molecule has 0 aromatic heterocycles. The summed E-state index contributed by atoms with van der Waals surface area (Å²) in [7, 11) is -3.52. The third-order valence-electron chi connectivity index (χ3n) is 5.58. The Morgan fingerprint density at radius 3 is 2.23 bits per heavy atom. The van der Waals surface area contributed by atoms with Gasteiger partial charge < -0.3 is 5.11 Å². The zero-order valence-electron chi connectivity index (χ0n) is 18.1. The third-order valence-corrected chi connectivity index (χ3v) is 7.05. The number of hydrogen-bond acceptors (Lipinski definition) is 3. The van der Waals surface area contributed by atoms with Gasteiger partial charge in [0, 0.05) is 6.54 Å². The minimum absolute atomic E-state index is 0.181. The monoisotopic (exact) mass is 439 g/mol. The highest BCUT2D eigenvalue weighted by Gasteiger charge is 2.21. The van der Waals surface area contributed by atoms with Crippen LogP contribution in [0.1, 0.15) is 54.6 Å².